The van der Waals surface area contributed by atoms with Crippen molar-refractivity contribution < 1.29 is 18.8 Å². The lowest BCUT2D eigenvalue weighted by Gasteiger charge is -2.06. The molecule has 6 heteroatoms. The Bertz CT molecular complexity index is 1130. The van der Waals surface area contributed by atoms with Crippen LogP contribution in [0.4, 0.5) is 0 Å². The summed E-state index contributed by atoms with van der Waals surface area (Å²) in [6.45, 7) is 0. The maximum Gasteiger partial charge on any atom is 0.343 e. The van der Waals surface area contributed by atoms with E-state index in [0.29, 0.717) is 28.3 Å². The second kappa shape index (κ2) is 7.74. The van der Waals surface area contributed by atoms with E-state index in [9.17, 15) is 4.79 Å². The van der Waals surface area contributed by atoms with Gasteiger partial charge in [0.05, 0.1) is 18.4 Å². The van der Waals surface area contributed by atoms with Gasteiger partial charge in [-0.3, -0.25) is 0 Å². The van der Waals surface area contributed by atoms with Crippen LogP contribution in [0.2, 0.25) is 5.02 Å². The van der Waals surface area contributed by atoms with E-state index < -0.39 is 5.97 Å². The van der Waals surface area contributed by atoms with Crippen LogP contribution in [0.15, 0.2) is 71.3 Å². The van der Waals surface area contributed by atoms with Crippen LogP contribution >= 0.6 is 11.6 Å². The zero-order valence-corrected chi connectivity index (χ0v) is 15.8. The number of carbonyl (C=O) groups is 1. The van der Waals surface area contributed by atoms with Gasteiger partial charge < -0.3 is 14.0 Å². The summed E-state index contributed by atoms with van der Waals surface area (Å²) >= 11 is 5.84. The van der Waals surface area contributed by atoms with Crippen LogP contribution in [0.25, 0.3) is 11.0 Å². The SMILES string of the molecule is COc1ccccc1Cc1noc2cc(OC(=O)c3ccc(Cl)cc3)ccc12. The van der Waals surface area contributed by atoms with Crippen LogP contribution < -0.4 is 9.47 Å². The number of carbonyl (C=O) groups excluding carboxylic acids is 1. The Morgan fingerprint density at radius 3 is 2.64 bits per heavy atom. The molecule has 0 bridgehead atoms. The predicted molar refractivity (Wildman–Crippen MR) is 106 cm³/mol. The summed E-state index contributed by atoms with van der Waals surface area (Å²) in [4.78, 5) is 12.3. The highest BCUT2D eigenvalue weighted by molar-refractivity contribution is 6.30. The second-order valence-electron chi connectivity index (χ2n) is 6.17. The molecule has 0 saturated heterocycles. The molecule has 0 aliphatic rings. The number of hydrogen-bond acceptors (Lipinski definition) is 5. The predicted octanol–water partition coefficient (Wildman–Crippen LogP) is 5.30. The van der Waals surface area contributed by atoms with E-state index in [2.05, 4.69) is 5.16 Å². The molecule has 4 rings (SSSR count). The van der Waals surface area contributed by atoms with Crippen molar-refractivity contribution in [2.75, 3.05) is 7.11 Å². The fourth-order valence-electron chi connectivity index (χ4n) is 2.94. The molecule has 0 aliphatic carbocycles. The number of nitrogens with zero attached hydrogens (tertiary/aromatic N) is 1. The van der Waals surface area contributed by atoms with Crippen molar-refractivity contribution in [3.05, 3.63) is 88.6 Å². The van der Waals surface area contributed by atoms with E-state index in [0.717, 1.165) is 22.4 Å². The second-order valence-corrected chi connectivity index (χ2v) is 6.61. The molecule has 0 spiro atoms. The fraction of sp³-hybridized carbons (Fsp3) is 0.0909. The molecular weight excluding hydrogens is 378 g/mol. The lowest BCUT2D eigenvalue weighted by molar-refractivity contribution is 0.0735. The van der Waals surface area contributed by atoms with Gasteiger partial charge in [-0.25, -0.2) is 4.79 Å². The summed E-state index contributed by atoms with van der Waals surface area (Å²) in [5.41, 5.74) is 2.76. The molecule has 140 valence electrons. The summed E-state index contributed by atoms with van der Waals surface area (Å²) in [5.74, 6) is 0.712. The van der Waals surface area contributed by atoms with Gasteiger partial charge in [0.25, 0.3) is 0 Å². The van der Waals surface area contributed by atoms with E-state index in [1.165, 1.54) is 0 Å². The Hall–Kier alpha value is -3.31. The van der Waals surface area contributed by atoms with Crippen molar-refractivity contribution in [1.82, 2.24) is 5.16 Å². The lowest BCUT2D eigenvalue weighted by Crippen LogP contribution is -2.08. The molecule has 5 nitrogen and oxygen atoms in total. The summed E-state index contributed by atoms with van der Waals surface area (Å²) in [7, 11) is 1.64. The standard InChI is InChI=1S/C22H16ClNO4/c1-26-20-5-3-2-4-15(20)12-19-18-11-10-17(13-21(18)28-24-19)27-22(25)14-6-8-16(23)9-7-14/h2-11,13H,12H2,1H3. The number of esters is 1. The van der Waals surface area contributed by atoms with Crippen molar-refractivity contribution in [3.63, 3.8) is 0 Å². The average Bonchev–Trinajstić information content (AvgIpc) is 3.11. The highest BCUT2D eigenvalue weighted by Crippen LogP contribution is 2.28. The third kappa shape index (κ3) is 3.70. The molecule has 0 N–H and O–H groups in total. The van der Waals surface area contributed by atoms with E-state index in [1.807, 2.05) is 30.3 Å². The van der Waals surface area contributed by atoms with Crippen LogP contribution in [-0.4, -0.2) is 18.2 Å². The van der Waals surface area contributed by atoms with Crippen LogP contribution in [0, 0.1) is 0 Å². The third-order valence-electron chi connectivity index (χ3n) is 4.36. The van der Waals surface area contributed by atoms with Gasteiger partial charge in [0, 0.05) is 28.5 Å². The molecule has 0 amide bonds. The van der Waals surface area contributed by atoms with Gasteiger partial charge in [-0.2, -0.15) is 0 Å². The summed E-state index contributed by atoms with van der Waals surface area (Å²) in [6, 6.07) is 19.5. The molecule has 0 radical (unpaired) electrons. The summed E-state index contributed by atoms with van der Waals surface area (Å²) < 4.78 is 16.3. The number of halogens is 1. The number of benzene rings is 3. The molecule has 0 aliphatic heterocycles. The minimum atomic E-state index is -0.468. The van der Waals surface area contributed by atoms with Crippen LogP contribution in [0.5, 0.6) is 11.5 Å². The molecule has 0 saturated carbocycles. The van der Waals surface area contributed by atoms with Gasteiger partial charge in [-0.15, -0.1) is 0 Å². The van der Waals surface area contributed by atoms with Gasteiger partial charge >= 0.3 is 5.97 Å². The van der Waals surface area contributed by atoms with Gasteiger partial charge in [0.2, 0.25) is 0 Å². The quantitative estimate of drug-likeness (QED) is 0.340. The van der Waals surface area contributed by atoms with Crippen molar-refractivity contribution in [1.29, 1.82) is 0 Å². The third-order valence-corrected chi connectivity index (χ3v) is 4.61. The Balaban J connectivity index is 1.56. The van der Waals surface area contributed by atoms with Crippen molar-refractivity contribution in [3.8, 4) is 11.5 Å². The molecule has 1 heterocycles. The van der Waals surface area contributed by atoms with E-state index in [1.54, 1.807) is 43.5 Å². The largest absolute Gasteiger partial charge is 0.496 e. The van der Waals surface area contributed by atoms with Crippen molar-refractivity contribution in [2.45, 2.75) is 6.42 Å². The molecule has 1 aromatic heterocycles. The number of ether oxygens (including phenoxy) is 2. The van der Waals surface area contributed by atoms with E-state index in [4.69, 9.17) is 25.6 Å². The number of hydrogen-bond donors (Lipinski definition) is 0. The highest BCUT2D eigenvalue weighted by atomic mass is 35.5. The first-order chi connectivity index (χ1) is 13.6. The normalized spacial score (nSPS) is 10.8. The Morgan fingerprint density at radius 1 is 1.07 bits per heavy atom. The monoisotopic (exact) mass is 393 g/mol. The zero-order valence-electron chi connectivity index (χ0n) is 15.0. The molecular formula is C22H16ClNO4. The first-order valence-corrected chi connectivity index (χ1v) is 9.00. The Labute approximate surface area is 166 Å². The molecule has 0 atom stereocenters. The minimum absolute atomic E-state index is 0.382. The number of aromatic nitrogens is 1. The zero-order chi connectivity index (χ0) is 19.5. The number of fused-ring (bicyclic) bond motifs is 1. The molecule has 0 fully saturated rings. The van der Waals surface area contributed by atoms with Gasteiger partial charge in [0.1, 0.15) is 11.5 Å². The first-order valence-electron chi connectivity index (χ1n) is 8.62. The number of para-hydroxylation sites is 1. The molecule has 3 aromatic carbocycles. The smallest absolute Gasteiger partial charge is 0.343 e. The van der Waals surface area contributed by atoms with Gasteiger partial charge in [0.15, 0.2) is 5.58 Å². The first kappa shape index (κ1) is 18.1. The van der Waals surface area contributed by atoms with Gasteiger partial charge in [-0.1, -0.05) is 35.0 Å². The molecule has 28 heavy (non-hydrogen) atoms. The molecule has 0 unspecified atom stereocenters. The average molecular weight is 394 g/mol. The maximum absolute atomic E-state index is 12.3. The van der Waals surface area contributed by atoms with E-state index in [-0.39, 0.29) is 0 Å². The molecule has 4 aromatic rings. The van der Waals surface area contributed by atoms with Crippen molar-refractivity contribution in [2.24, 2.45) is 0 Å². The summed E-state index contributed by atoms with van der Waals surface area (Å²) in [5, 5.41) is 5.58. The summed E-state index contributed by atoms with van der Waals surface area (Å²) in [6.07, 6.45) is 0.570. The fourth-order valence-corrected chi connectivity index (χ4v) is 3.07. The topological polar surface area (TPSA) is 61.6 Å². The number of rotatable bonds is 5. The number of methoxy groups -OCH3 is 1. The maximum atomic E-state index is 12.3. The van der Waals surface area contributed by atoms with Gasteiger partial charge in [-0.05, 0) is 42.5 Å². The van der Waals surface area contributed by atoms with Crippen LogP contribution in [-0.2, 0) is 6.42 Å². The van der Waals surface area contributed by atoms with Crippen molar-refractivity contribution >= 4 is 28.5 Å². The Kier molecular flexibility index (Phi) is 5.00. The highest BCUT2D eigenvalue weighted by Gasteiger charge is 2.14. The van der Waals surface area contributed by atoms with Crippen LogP contribution in [0.1, 0.15) is 21.6 Å². The Morgan fingerprint density at radius 2 is 1.86 bits per heavy atom. The lowest BCUT2D eigenvalue weighted by atomic mass is 10.1. The minimum Gasteiger partial charge on any atom is -0.496 e. The van der Waals surface area contributed by atoms with Crippen LogP contribution in [0.3, 0.4) is 0 Å². The van der Waals surface area contributed by atoms with E-state index >= 15 is 0 Å².